The summed E-state index contributed by atoms with van der Waals surface area (Å²) in [4.78, 5) is 35.8. The van der Waals surface area contributed by atoms with Gasteiger partial charge in [-0.2, -0.15) is 0 Å². The van der Waals surface area contributed by atoms with Gasteiger partial charge in [0.25, 0.3) is 0 Å². The quantitative estimate of drug-likeness (QED) is 0.467. The first-order valence-corrected chi connectivity index (χ1v) is 9.56. The predicted molar refractivity (Wildman–Crippen MR) is 103 cm³/mol. The van der Waals surface area contributed by atoms with E-state index < -0.39 is 17.5 Å². The number of hydrogen-bond donors (Lipinski definition) is 2. The van der Waals surface area contributed by atoms with Crippen molar-refractivity contribution in [2.75, 3.05) is 5.75 Å². The molecule has 146 valence electrons. The lowest BCUT2D eigenvalue weighted by Crippen LogP contribution is -2.42. The fourth-order valence-electron chi connectivity index (χ4n) is 2.57. The second kappa shape index (κ2) is 9.23. The minimum atomic E-state index is -0.472. The molecule has 7 nitrogen and oxygen atoms in total. The van der Waals surface area contributed by atoms with Crippen molar-refractivity contribution >= 4 is 34.7 Å². The second-order valence-corrected chi connectivity index (χ2v) is 6.92. The van der Waals surface area contributed by atoms with Crippen LogP contribution in [0.15, 0.2) is 62.6 Å². The van der Waals surface area contributed by atoms with Crippen molar-refractivity contribution in [2.24, 2.45) is 0 Å². The maximum atomic E-state index is 13.5. The first kappa shape index (κ1) is 19.7. The van der Waals surface area contributed by atoms with E-state index in [0.29, 0.717) is 29.0 Å². The standard InChI is InChI=1S/C19H18FN3O4S/c20-13-6-1-4-9-16(13)28-12-18(25)22-21-17(24)10-5-11-23-14-7-2-3-8-15(14)27-19(23)26/h1-4,6-9H,5,10-12H2,(H,21,24)(H,22,25). The number of thioether (sulfide) groups is 1. The van der Waals surface area contributed by atoms with E-state index in [1.807, 2.05) is 0 Å². The molecule has 0 aliphatic rings. The summed E-state index contributed by atoms with van der Waals surface area (Å²) in [6.07, 6.45) is 0.516. The first-order valence-electron chi connectivity index (χ1n) is 8.58. The number of fused-ring (bicyclic) bond motifs is 1. The fraction of sp³-hybridized carbons (Fsp3) is 0.211. The molecule has 2 amide bonds. The lowest BCUT2D eigenvalue weighted by atomic mass is 10.3. The van der Waals surface area contributed by atoms with Gasteiger partial charge < -0.3 is 4.42 Å². The number of para-hydroxylation sites is 2. The third-order valence-corrected chi connectivity index (χ3v) is 4.94. The van der Waals surface area contributed by atoms with Crippen LogP contribution in [0, 0.1) is 5.82 Å². The van der Waals surface area contributed by atoms with Crippen molar-refractivity contribution in [3.8, 4) is 0 Å². The lowest BCUT2D eigenvalue weighted by molar-refractivity contribution is -0.127. The Morgan fingerprint density at radius 2 is 1.75 bits per heavy atom. The Kier molecular flexibility index (Phi) is 6.49. The molecule has 2 N–H and O–H groups in total. The molecule has 0 saturated carbocycles. The number of aromatic nitrogens is 1. The van der Waals surface area contributed by atoms with Crippen LogP contribution < -0.4 is 16.6 Å². The zero-order valence-electron chi connectivity index (χ0n) is 14.8. The van der Waals surface area contributed by atoms with Gasteiger partial charge in [0, 0.05) is 17.9 Å². The molecular formula is C19H18FN3O4S. The van der Waals surface area contributed by atoms with Gasteiger partial charge in [-0.05, 0) is 30.7 Å². The van der Waals surface area contributed by atoms with Crippen LogP contribution in [0.5, 0.6) is 0 Å². The van der Waals surface area contributed by atoms with Gasteiger partial charge in [-0.3, -0.25) is 25.0 Å². The average Bonchev–Trinajstić information content (AvgIpc) is 3.01. The number of amides is 2. The van der Waals surface area contributed by atoms with Gasteiger partial charge in [0.05, 0.1) is 11.3 Å². The smallest absolute Gasteiger partial charge is 0.408 e. The highest BCUT2D eigenvalue weighted by atomic mass is 32.2. The van der Waals surface area contributed by atoms with E-state index in [0.717, 1.165) is 11.8 Å². The van der Waals surface area contributed by atoms with Crippen molar-refractivity contribution in [3.63, 3.8) is 0 Å². The van der Waals surface area contributed by atoms with E-state index in [1.165, 1.54) is 10.6 Å². The van der Waals surface area contributed by atoms with Crippen LogP contribution in [-0.2, 0) is 16.1 Å². The molecule has 0 unspecified atom stereocenters. The molecule has 0 aliphatic carbocycles. The monoisotopic (exact) mass is 403 g/mol. The highest BCUT2D eigenvalue weighted by Crippen LogP contribution is 2.20. The van der Waals surface area contributed by atoms with Gasteiger partial charge in [0.15, 0.2) is 5.58 Å². The van der Waals surface area contributed by atoms with Crippen molar-refractivity contribution in [3.05, 3.63) is 64.9 Å². The molecule has 3 rings (SSSR count). The molecule has 0 aliphatic heterocycles. The van der Waals surface area contributed by atoms with Crippen LogP contribution in [-0.4, -0.2) is 22.1 Å². The second-order valence-electron chi connectivity index (χ2n) is 5.91. The molecule has 0 fully saturated rings. The number of carbonyl (C=O) groups excluding carboxylic acids is 2. The number of nitrogens with zero attached hydrogens (tertiary/aromatic N) is 1. The lowest BCUT2D eigenvalue weighted by Gasteiger charge is -2.08. The molecule has 0 saturated heterocycles. The Labute approximate surface area is 163 Å². The number of nitrogens with one attached hydrogen (secondary N) is 2. The van der Waals surface area contributed by atoms with Crippen molar-refractivity contribution in [1.82, 2.24) is 15.4 Å². The molecule has 1 heterocycles. The van der Waals surface area contributed by atoms with Gasteiger partial charge in [0.1, 0.15) is 5.82 Å². The highest BCUT2D eigenvalue weighted by Gasteiger charge is 2.10. The summed E-state index contributed by atoms with van der Waals surface area (Å²) in [6, 6.07) is 13.2. The van der Waals surface area contributed by atoms with Crippen LogP contribution in [0.2, 0.25) is 0 Å². The number of carbonyl (C=O) groups is 2. The minimum Gasteiger partial charge on any atom is -0.408 e. The summed E-state index contributed by atoms with van der Waals surface area (Å²) in [5.74, 6) is -1.73. The third-order valence-electron chi connectivity index (χ3n) is 3.90. The molecule has 0 spiro atoms. The topological polar surface area (TPSA) is 93.3 Å². The van der Waals surface area contributed by atoms with E-state index in [2.05, 4.69) is 10.9 Å². The van der Waals surface area contributed by atoms with E-state index in [4.69, 9.17) is 4.42 Å². The molecular weight excluding hydrogens is 385 g/mol. The summed E-state index contributed by atoms with van der Waals surface area (Å²) in [6.45, 7) is 0.320. The maximum Gasteiger partial charge on any atom is 0.419 e. The van der Waals surface area contributed by atoms with Gasteiger partial charge in [0.2, 0.25) is 11.8 Å². The molecule has 0 atom stereocenters. The normalized spacial score (nSPS) is 10.8. The van der Waals surface area contributed by atoms with E-state index >= 15 is 0 Å². The highest BCUT2D eigenvalue weighted by molar-refractivity contribution is 8.00. The van der Waals surface area contributed by atoms with Crippen molar-refractivity contribution in [1.29, 1.82) is 0 Å². The number of hydrazine groups is 1. The Bertz CT molecular complexity index is 1050. The number of benzene rings is 2. The molecule has 9 heteroatoms. The molecule has 0 radical (unpaired) electrons. The predicted octanol–water partition coefficient (Wildman–Crippen LogP) is 2.45. The molecule has 3 aromatic rings. The summed E-state index contributed by atoms with van der Waals surface area (Å²) >= 11 is 1.04. The zero-order chi connectivity index (χ0) is 19.9. The largest absolute Gasteiger partial charge is 0.419 e. The van der Waals surface area contributed by atoms with Crippen LogP contribution in [0.25, 0.3) is 11.1 Å². The number of aryl methyl sites for hydroxylation is 1. The van der Waals surface area contributed by atoms with E-state index in [1.54, 1.807) is 42.5 Å². The van der Waals surface area contributed by atoms with Gasteiger partial charge in [-0.15, -0.1) is 11.8 Å². The number of oxazole rings is 1. The van der Waals surface area contributed by atoms with Gasteiger partial charge in [-0.1, -0.05) is 24.3 Å². The van der Waals surface area contributed by atoms with Gasteiger partial charge in [-0.25, -0.2) is 9.18 Å². The Balaban J connectivity index is 1.40. The number of rotatable bonds is 7. The molecule has 0 bridgehead atoms. The van der Waals surface area contributed by atoms with Crippen molar-refractivity contribution < 1.29 is 18.4 Å². The number of hydrogen-bond acceptors (Lipinski definition) is 5. The van der Waals surface area contributed by atoms with Gasteiger partial charge >= 0.3 is 5.76 Å². The van der Waals surface area contributed by atoms with Crippen LogP contribution in [0.4, 0.5) is 4.39 Å². The molecule has 1 aromatic heterocycles. The first-order chi connectivity index (χ1) is 13.5. The summed E-state index contributed by atoms with van der Waals surface area (Å²) < 4.78 is 20.1. The fourth-order valence-corrected chi connectivity index (χ4v) is 3.31. The van der Waals surface area contributed by atoms with Crippen LogP contribution in [0.3, 0.4) is 0 Å². The average molecular weight is 403 g/mol. The molecule has 2 aromatic carbocycles. The van der Waals surface area contributed by atoms with Crippen LogP contribution >= 0.6 is 11.8 Å². The maximum absolute atomic E-state index is 13.5. The van der Waals surface area contributed by atoms with Crippen molar-refractivity contribution in [2.45, 2.75) is 24.3 Å². The Morgan fingerprint density at radius 1 is 1.04 bits per heavy atom. The summed E-state index contributed by atoms with van der Waals surface area (Å²) in [7, 11) is 0. The SMILES string of the molecule is O=C(CCCn1c(=O)oc2ccccc21)NNC(=O)CSc1ccccc1F. The zero-order valence-corrected chi connectivity index (χ0v) is 15.6. The minimum absolute atomic E-state index is 0.0301. The summed E-state index contributed by atoms with van der Waals surface area (Å²) in [5.41, 5.74) is 5.77. The Hall–Kier alpha value is -3.07. The summed E-state index contributed by atoms with van der Waals surface area (Å²) in [5, 5.41) is 0. The Morgan fingerprint density at radius 3 is 2.57 bits per heavy atom. The van der Waals surface area contributed by atoms with E-state index in [9.17, 15) is 18.8 Å². The third kappa shape index (κ3) is 5.01. The van der Waals surface area contributed by atoms with Crippen LogP contribution in [0.1, 0.15) is 12.8 Å². The number of halogens is 1. The molecule has 28 heavy (non-hydrogen) atoms. The van der Waals surface area contributed by atoms with E-state index in [-0.39, 0.29) is 18.1 Å².